The van der Waals surface area contributed by atoms with Gasteiger partial charge in [-0.05, 0) is 30.5 Å². The molecule has 5 heteroatoms. The topological polar surface area (TPSA) is 41.6 Å². The van der Waals surface area contributed by atoms with Gasteiger partial charge in [-0.2, -0.15) is 11.8 Å². The molecule has 1 heterocycles. The van der Waals surface area contributed by atoms with Crippen molar-refractivity contribution in [3.05, 3.63) is 29.8 Å². The van der Waals surface area contributed by atoms with Crippen molar-refractivity contribution in [3.63, 3.8) is 0 Å². The lowest BCUT2D eigenvalue weighted by molar-refractivity contribution is -0.132. The van der Waals surface area contributed by atoms with Crippen molar-refractivity contribution in [2.75, 3.05) is 25.2 Å². The van der Waals surface area contributed by atoms with Gasteiger partial charge in [0.1, 0.15) is 5.75 Å². The molecule has 3 rings (SSSR count). The van der Waals surface area contributed by atoms with Crippen molar-refractivity contribution in [3.8, 4) is 5.75 Å². The Labute approximate surface area is 136 Å². The highest BCUT2D eigenvalue weighted by molar-refractivity contribution is 7.99. The predicted octanol–water partition coefficient (Wildman–Crippen LogP) is 2.28. The smallest absolute Gasteiger partial charge is 0.224 e. The van der Waals surface area contributed by atoms with Crippen LogP contribution < -0.4 is 10.1 Å². The molecule has 2 fully saturated rings. The predicted molar refractivity (Wildman–Crippen MR) is 90.3 cm³/mol. The maximum Gasteiger partial charge on any atom is 0.224 e. The molecule has 1 saturated carbocycles. The van der Waals surface area contributed by atoms with E-state index in [1.807, 2.05) is 23.9 Å². The lowest BCUT2D eigenvalue weighted by Crippen LogP contribution is -2.43. The van der Waals surface area contributed by atoms with Crippen LogP contribution in [0.4, 0.5) is 0 Å². The third kappa shape index (κ3) is 4.17. The van der Waals surface area contributed by atoms with Gasteiger partial charge in [0.05, 0.1) is 7.11 Å². The first-order valence-corrected chi connectivity index (χ1v) is 9.15. The fourth-order valence-corrected chi connectivity index (χ4v) is 3.76. The maximum absolute atomic E-state index is 12.7. The van der Waals surface area contributed by atoms with Crippen molar-refractivity contribution in [1.29, 1.82) is 0 Å². The maximum atomic E-state index is 12.7. The molecule has 1 aliphatic heterocycles. The second-order valence-corrected chi connectivity index (χ2v) is 7.18. The molecular weight excluding hydrogens is 296 g/mol. The summed E-state index contributed by atoms with van der Waals surface area (Å²) in [6, 6.07) is 8.81. The SMILES string of the molecule is COc1ccc(CN(C(=O)CC2CSCCN2)C2CC2)cc1. The van der Waals surface area contributed by atoms with Crippen LogP contribution >= 0.6 is 11.8 Å². The average Bonchev–Trinajstić information content (AvgIpc) is 3.39. The Morgan fingerprint density at radius 2 is 2.14 bits per heavy atom. The van der Waals surface area contributed by atoms with E-state index in [9.17, 15) is 4.79 Å². The minimum atomic E-state index is 0.290. The summed E-state index contributed by atoms with van der Waals surface area (Å²) in [6.45, 7) is 1.73. The molecule has 1 N–H and O–H groups in total. The van der Waals surface area contributed by atoms with Crippen LogP contribution in [0.3, 0.4) is 0 Å². The standard InChI is InChI=1S/C17H24N2O2S/c1-21-16-6-2-13(3-7-16)11-19(15-4-5-15)17(20)10-14-12-22-9-8-18-14/h2-3,6-7,14-15,18H,4-5,8-12H2,1H3. The highest BCUT2D eigenvalue weighted by Crippen LogP contribution is 2.29. The Balaban J connectivity index is 1.60. The molecule has 1 aromatic carbocycles. The lowest BCUT2D eigenvalue weighted by atomic mass is 10.1. The Hall–Kier alpha value is -1.20. The zero-order chi connectivity index (χ0) is 15.4. The van der Waals surface area contributed by atoms with Gasteiger partial charge in [0.25, 0.3) is 0 Å². The third-order valence-corrected chi connectivity index (χ3v) is 5.37. The third-order valence-electron chi connectivity index (χ3n) is 4.24. The molecule has 1 amide bonds. The van der Waals surface area contributed by atoms with Gasteiger partial charge < -0.3 is 15.0 Å². The summed E-state index contributed by atoms with van der Waals surface area (Å²) >= 11 is 1.94. The second kappa shape index (κ2) is 7.38. The summed E-state index contributed by atoms with van der Waals surface area (Å²) < 4.78 is 5.19. The van der Waals surface area contributed by atoms with Crippen LogP contribution in [0, 0.1) is 0 Å². The van der Waals surface area contributed by atoms with E-state index in [4.69, 9.17) is 4.74 Å². The summed E-state index contributed by atoms with van der Waals surface area (Å²) in [5.41, 5.74) is 1.17. The molecule has 1 atom stereocenters. The van der Waals surface area contributed by atoms with Gasteiger partial charge in [0.2, 0.25) is 5.91 Å². The van der Waals surface area contributed by atoms with Crippen LogP contribution in [0.25, 0.3) is 0 Å². The molecular formula is C17H24N2O2S. The Bertz CT molecular complexity index is 496. The number of nitrogens with zero attached hydrogens (tertiary/aromatic N) is 1. The number of hydrogen-bond donors (Lipinski definition) is 1. The van der Waals surface area contributed by atoms with Gasteiger partial charge in [-0.3, -0.25) is 4.79 Å². The first kappa shape index (κ1) is 15.7. The molecule has 2 aliphatic rings. The summed E-state index contributed by atoms with van der Waals surface area (Å²) in [5.74, 6) is 3.35. The number of amides is 1. The Morgan fingerprint density at radius 3 is 2.73 bits per heavy atom. The second-order valence-electron chi connectivity index (χ2n) is 6.03. The minimum Gasteiger partial charge on any atom is -0.497 e. The van der Waals surface area contributed by atoms with Crippen LogP contribution in [0.1, 0.15) is 24.8 Å². The van der Waals surface area contributed by atoms with Gasteiger partial charge in [0, 0.05) is 43.1 Å². The molecule has 0 spiro atoms. The van der Waals surface area contributed by atoms with Crippen LogP contribution in [0.2, 0.25) is 0 Å². The molecule has 1 aliphatic carbocycles. The van der Waals surface area contributed by atoms with E-state index in [0.29, 0.717) is 31.0 Å². The van der Waals surface area contributed by atoms with E-state index in [1.54, 1.807) is 7.11 Å². The van der Waals surface area contributed by atoms with Crippen molar-refractivity contribution in [1.82, 2.24) is 10.2 Å². The average molecular weight is 320 g/mol. The van der Waals surface area contributed by atoms with Gasteiger partial charge in [-0.1, -0.05) is 12.1 Å². The van der Waals surface area contributed by atoms with Crippen LogP contribution in [0.5, 0.6) is 5.75 Å². The molecule has 0 radical (unpaired) electrons. The molecule has 1 unspecified atom stereocenters. The summed E-state index contributed by atoms with van der Waals surface area (Å²) in [7, 11) is 1.67. The number of carbonyl (C=O) groups is 1. The van der Waals surface area contributed by atoms with Gasteiger partial charge in [0.15, 0.2) is 0 Å². The van der Waals surface area contributed by atoms with Crippen LogP contribution in [-0.4, -0.2) is 48.1 Å². The minimum absolute atomic E-state index is 0.290. The van der Waals surface area contributed by atoms with E-state index in [2.05, 4.69) is 22.3 Å². The van der Waals surface area contributed by atoms with Crippen LogP contribution in [-0.2, 0) is 11.3 Å². The van der Waals surface area contributed by atoms with Crippen molar-refractivity contribution >= 4 is 17.7 Å². The van der Waals surface area contributed by atoms with Gasteiger partial charge in [-0.25, -0.2) is 0 Å². The normalized spacial score (nSPS) is 21.4. The van der Waals surface area contributed by atoms with E-state index in [1.165, 1.54) is 5.56 Å². The zero-order valence-electron chi connectivity index (χ0n) is 13.1. The number of benzene rings is 1. The highest BCUT2D eigenvalue weighted by atomic mass is 32.2. The largest absolute Gasteiger partial charge is 0.497 e. The number of rotatable bonds is 6. The summed E-state index contributed by atoms with van der Waals surface area (Å²) in [5, 5.41) is 3.46. The van der Waals surface area contributed by atoms with Crippen molar-refractivity contribution in [2.24, 2.45) is 0 Å². The van der Waals surface area contributed by atoms with Gasteiger partial charge >= 0.3 is 0 Å². The van der Waals surface area contributed by atoms with E-state index in [0.717, 1.165) is 36.6 Å². The van der Waals surface area contributed by atoms with Crippen molar-refractivity contribution < 1.29 is 9.53 Å². The first-order chi connectivity index (χ1) is 10.8. The van der Waals surface area contributed by atoms with E-state index >= 15 is 0 Å². The lowest BCUT2D eigenvalue weighted by Gasteiger charge is -2.27. The molecule has 4 nitrogen and oxygen atoms in total. The van der Waals surface area contributed by atoms with Crippen molar-refractivity contribution in [2.45, 2.75) is 37.9 Å². The molecule has 0 bridgehead atoms. The molecule has 1 saturated heterocycles. The van der Waals surface area contributed by atoms with Crippen LogP contribution in [0.15, 0.2) is 24.3 Å². The number of ether oxygens (including phenoxy) is 1. The zero-order valence-corrected chi connectivity index (χ0v) is 13.9. The Kier molecular flexibility index (Phi) is 5.26. The monoisotopic (exact) mass is 320 g/mol. The van der Waals surface area contributed by atoms with Gasteiger partial charge in [-0.15, -0.1) is 0 Å². The molecule has 22 heavy (non-hydrogen) atoms. The number of nitrogens with one attached hydrogen (secondary N) is 1. The number of hydrogen-bond acceptors (Lipinski definition) is 4. The molecule has 1 aromatic rings. The number of thioether (sulfide) groups is 1. The number of methoxy groups -OCH3 is 1. The first-order valence-electron chi connectivity index (χ1n) is 8.00. The summed E-state index contributed by atoms with van der Waals surface area (Å²) in [6.07, 6.45) is 2.92. The fourth-order valence-electron chi connectivity index (χ4n) is 2.81. The quantitative estimate of drug-likeness (QED) is 0.873. The van der Waals surface area contributed by atoms with E-state index < -0.39 is 0 Å². The summed E-state index contributed by atoms with van der Waals surface area (Å²) in [4.78, 5) is 14.7. The van der Waals surface area contributed by atoms with E-state index in [-0.39, 0.29) is 0 Å². The molecule has 0 aromatic heterocycles. The molecule has 120 valence electrons. The number of carbonyl (C=O) groups excluding carboxylic acids is 1. The highest BCUT2D eigenvalue weighted by Gasteiger charge is 2.33. The Morgan fingerprint density at radius 1 is 1.36 bits per heavy atom. The fraction of sp³-hybridized carbons (Fsp3) is 0.588.